The molecule has 0 heterocycles. The van der Waals surface area contributed by atoms with Gasteiger partial charge in [-0.25, -0.2) is 0 Å². The van der Waals surface area contributed by atoms with Gasteiger partial charge >= 0.3 is 0 Å². The van der Waals surface area contributed by atoms with E-state index in [-0.39, 0.29) is 0 Å². The van der Waals surface area contributed by atoms with Gasteiger partial charge in [-0.05, 0) is 19.3 Å². The van der Waals surface area contributed by atoms with Crippen LogP contribution in [0.5, 0.6) is 0 Å². The molecule has 13 heavy (non-hydrogen) atoms. The van der Waals surface area contributed by atoms with Gasteiger partial charge in [0.1, 0.15) is 0 Å². The standard InChI is InChI=1S/C13H16/c1-2-4-6-8-10-12-13-11-9-7-5-3-1/h1-6,9,11-13H,7-8,10H2/b2-1+,5-3+,6-4-,11-9?,13-12-. The Morgan fingerprint density at radius 3 is 1.62 bits per heavy atom. The van der Waals surface area contributed by atoms with Crippen molar-refractivity contribution in [2.45, 2.75) is 19.3 Å². The zero-order valence-electron chi connectivity index (χ0n) is 7.89. The molecular formula is C13H16. The third-order valence-corrected chi connectivity index (χ3v) is 1.76. The molecule has 0 aromatic rings. The van der Waals surface area contributed by atoms with Gasteiger partial charge in [0.05, 0.1) is 0 Å². The summed E-state index contributed by atoms with van der Waals surface area (Å²) in [5.74, 6) is 0. The second-order valence-electron chi connectivity index (χ2n) is 2.91. The van der Waals surface area contributed by atoms with Crippen LogP contribution in [0.1, 0.15) is 19.3 Å². The number of hydrogen-bond donors (Lipinski definition) is 0. The summed E-state index contributed by atoms with van der Waals surface area (Å²) in [5, 5.41) is 0. The first-order chi connectivity index (χ1) is 6.50. The minimum absolute atomic E-state index is 1.01. The van der Waals surface area contributed by atoms with Crippen molar-refractivity contribution in [1.82, 2.24) is 0 Å². The minimum Gasteiger partial charge on any atom is -0.0842 e. The summed E-state index contributed by atoms with van der Waals surface area (Å²) >= 11 is 0. The molecule has 0 unspecified atom stereocenters. The minimum atomic E-state index is 1.01. The molecular weight excluding hydrogens is 156 g/mol. The Balaban J connectivity index is 2.49. The zero-order valence-corrected chi connectivity index (χ0v) is 7.89. The van der Waals surface area contributed by atoms with Crippen LogP contribution < -0.4 is 0 Å². The SMILES string of the molecule is C1=CC/C=C/C=C/C=C\CC/C=C\1. The monoisotopic (exact) mass is 172 g/mol. The molecule has 0 amide bonds. The van der Waals surface area contributed by atoms with E-state index in [1.54, 1.807) is 0 Å². The maximum atomic E-state index is 2.20. The van der Waals surface area contributed by atoms with E-state index in [0.29, 0.717) is 0 Å². The largest absolute Gasteiger partial charge is 0.0842 e. The highest BCUT2D eigenvalue weighted by Crippen LogP contribution is 1.96. The molecule has 0 N–H and O–H groups in total. The van der Waals surface area contributed by atoms with Crippen LogP contribution in [0.2, 0.25) is 0 Å². The van der Waals surface area contributed by atoms with E-state index in [2.05, 4.69) is 60.8 Å². The van der Waals surface area contributed by atoms with Gasteiger partial charge in [-0.15, -0.1) is 0 Å². The molecule has 0 nitrogen and oxygen atoms in total. The molecule has 0 spiro atoms. The molecule has 0 aromatic heterocycles. The van der Waals surface area contributed by atoms with Crippen molar-refractivity contribution < 1.29 is 0 Å². The van der Waals surface area contributed by atoms with Crippen molar-refractivity contribution >= 4 is 0 Å². The third kappa shape index (κ3) is 5.92. The Morgan fingerprint density at radius 1 is 0.462 bits per heavy atom. The second kappa shape index (κ2) is 7.35. The zero-order chi connectivity index (χ0) is 9.19. The molecule has 0 heteroatoms. The van der Waals surface area contributed by atoms with E-state index >= 15 is 0 Å². The van der Waals surface area contributed by atoms with Crippen LogP contribution in [-0.4, -0.2) is 0 Å². The smallest absolute Gasteiger partial charge is 0.0163 e. The van der Waals surface area contributed by atoms with Crippen LogP contribution in [0.25, 0.3) is 0 Å². The average molecular weight is 172 g/mol. The summed E-state index contributed by atoms with van der Waals surface area (Å²) in [6, 6.07) is 0. The average Bonchev–Trinajstić information content (AvgIpc) is 2.18. The van der Waals surface area contributed by atoms with Crippen molar-refractivity contribution in [3.05, 3.63) is 60.8 Å². The first-order valence-electron chi connectivity index (χ1n) is 4.80. The van der Waals surface area contributed by atoms with E-state index in [1.807, 2.05) is 0 Å². The Bertz CT molecular complexity index is 249. The summed E-state index contributed by atoms with van der Waals surface area (Å²) in [4.78, 5) is 0. The lowest BCUT2D eigenvalue weighted by atomic mass is 10.2. The highest BCUT2D eigenvalue weighted by Gasteiger charge is 1.75. The Kier molecular flexibility index (Phi) is 5.54. The van der Waals surface area contributed by atoms with E-state index in [4.69, 9.17) is 0 Å². The summed E-state index contributed by atoms with van der Waals surface area (Å²) in [6.07, 6.45) is 24.5. The lowest BCUT2D eigenvalue weighted by molar-refractivity contribution is 1.05. The first-order valence-corrected chi connectivity index (χ1v) is 4.80. The van der Waals surface area contributed by atoms with Crippen molar-refractivity contribution in [2.75, 3.05) is 0 Å². The molecule has 0 bridgehead atoms. The highest BCUT2D eigenvalue weighted by atomic mass is 13.8. The lowest BCUT2D eigenvalue weighted by Gasteiger charge is -1.83. The predicted octanol–water partition coefficient (Wildman–Crippen LogP) is 3.95. The van der Waals surface area contributed by atoms with Crippen LogP contribution in [0.15, 0.2) is 60.8 Å². The molecule has 1 aliphatic carbocycles. The quantitative estimate of drug-likeness (QED) is 0.519. The van der Waals surface area contributed by atoms with Crippen LogP contribution in [-0.2, 0) is 0 Å². The molecule has 1 rings (SSSR count). The first kappa shape index (κ1) is 9.79. The molecule has 0 saturated heterocycles. The molecule has 0 aromatic carbocycles. The van der Waals surface area contributed by atoms with Gasteiger partial charge in [0.2, 0.25) is 0 Å². The van der Waals surface area contributed by atoms with Gasteiger partial charge in [-0.1, -0.05) is 60.8 Å². The molecule has 68 valence electrons. The normalized spacial score (nSPS) is 27.7. The number of rotatable bonds is 0. The van der Waals surface area contributed by atoms with Crippen LogP contribution in [0, 0.1) is 0 Å². The Morgan fingerprint density at radius 2 is 0.923 bits per heavy atom. The van der Waals surface area contributed by atoms with Gasteiger partial charge in [0, 0.05) is 0 Å². The summed E-state index contributed by atoms with van der Waals surface area (Å²) < 4.78 is 0. The molecule has 0 fully saturated rings. The molecule has 0 atom stereocenters. The summed E-state index contributed by atoms with van der Waals surface area (Å²) in [7, 11) is 0. The van der Waals surface area contributed by atoms with Gasteiger partial charge in [0.25, 0.3) is 0 Å². The van der Waals surface area contributed by atoms with Crippen molar-refractivity contribution in [1.29, 1.82) is 0 Å². The molecule has 0 radical (unpaired) electrons. The third-order valence-electron chi connectivity index (χ3n) is 1.76. The van der Waals surface area contributed by atoms with E-state index in [9.17, 15) is 0 Å². The lowest BCUT2D eigenvalue weighted by Crippen LogP contribution is -1.62. The van der Waals surface area contributed by atoms with Gasteiger partial charge in [-0.2, -0.15) is 0 Å². The molecule has 1 aliphatic rings. The Labute approximate surface area is 80.7 Å². The van der Waals surface area contributed by atoms with Crippen LogP contribution in [0.4, 0.5) is 0 Å². The summed E-state index contributed by atoms with van der Waals surface area (Å²) in [5.41, 5.74) is 0. The fraction of sp³-hybridized carbons (Fsp3) is 0.231. The highest BCUT2D eigenvalue weighted by molar-refractivity contribution is 5.13. The number of hydrogen-bond acceptors (Lipinski definition) is 0. The van der Waals surface area contributed by atoms with Crippen molar-refractivity contribution in [2.24, 2.45) is 0 Å². The van der Waals surface area contributed by atoms with Gasteiger partial charge in [0.15, 0.2) is 0 Å². The van der Waals surface area contributed by atoms with Crippen LogP contribution in [0.3, 0.4) is 0 Å². The predicted molar refractivity (Wildman–Crippen MR) is 59.6 cm³/mol. The fourth-order valence-electron chi connectivity index (χ4n) is 1.06. The maximum absolute atomic E-state index is 2.20. The van der Waals surface area contributed by atoms with Gasteiger partial charge in [-0.3, -0.25) is 0 Å². The fourth-order valence-corrected chi connectivity index (χ4v) is 1.06. The van der Waals surface area contributed by atoms with E-state index in [0.717, 1.165) is 19.3 Å². The van der Waals surface area contributed by atoms with Gasteiger partial charge < -0.3 is 0 Å². The summed E-state index contributed by atoms with van der Waals surface area (Å²) in [6.45, 7) is 0. The molecule has 0 aliphatic heterocycles. The van der Waals surface area contributed by atoms with Crippen molar-refractivity contribution in [3.63, 3.8) is 0 Å². The van der Waals surface area contributed by atoms with Crippen LogP contribution >= 0.6 is 0 Å². The number of allylic oxidation sites excluding steroid dienone is 10. The van der Waals surface area contributed by atoms with E-state index < -0.39 is 0 Å². The maximum Gasteiger partial charge on any atom is -0.0163 e. The van der Waals surface area contributed by atoms with Crippen molar-refractivity contribution in [3.8, 4) is 0 Å². The Hall–Kier alpha value is -1.30. The topological polar surface area (TPSA) is 0 Å². The second-order valence-corrected chi connectivity index (χ2v) is 2.91. The van der Waals surface area contributed by atoms with E-state index in [1.165, 1.54) is 0 Å². The molecule has 0 saturated carbocycles.